The van der Waals surface area contributed by atoms with Gasteiger partial charge in [-0.15, -0.1) is 0 Å². The monoisotopic (exact) mass is 393 g/mol. The lowest BCUT2D eigenvalue weighted by Gasteiger charge is -2.32. The third-order valence-corrected chi connectivity index (χ3v) is 4.44. The van der Waals surface area contributed by atoms with Gasteiger partial charge in [-0.05, 0) is 24.1 Å². The molecule has 1 aromatic carbocycles. The van der Waals surface area contributed by atoms with Gasteiger partial charge in [0.15, 0.2) is 0 Å². The van der Waals surface area contributed by atoms with Crippen LogP contribution >= 0.6 is 34.5 Å². The fourth-order valence-corrected chi connectivity index (χ4v) is 2.66. The minimum atomic E-state index is -0.470. The molecular formula is C13H17ClIN3O. The highest BCUT2D eigenvalue weighted by Gasteiger charge is 2.24. The molecule has 0 radical (unpaired) electrons. The molecule has 4 nitrogen and oxygen atoms in total. The Kier molecular flexibility index (Phi) is 5.44. The maximum atomic E-state index is 12.2. The Morgan fingerprint density at radius 2 is 1.84 bits per heavy atom. The minimum absolute atomic E-state index is 0.0412. The molecule has 6 heteroatoms. The van der Waals surface area contributed by atoms with Gasteiger partial charge in [-0.3, -0.25) is 4.79 Å². The molecule has 0 aliphatic carbocycles. The van der Waals surface area contributed by atoms with E-state index in [0.717, 1.165) is 31.7 Å². The van der Waals surface area contributed by atoms with Crippen molar-refractivity contribution < 1.29 is 4.79 Å². The molecule has 2 rings (SSSR count). The van der Waals surface area contributed by atoms with Crippen LogP contribution in [0.3, 0.4) is 0 Å². The zero-order chi connectivity index (χ0) is 13.8. The zero-order valence-corrected chi connectivity index (χ0v) is 13.5. The van der Waals surface area contributed by atoms with Crippen molar-refractivity contribution in [3.05, 3.63) is 34.9 Å². The largest absolute Gasteiger partial charge is 0.339 e. The highest BCUT2D eigenvalue weighted by atomic mass is 127. The molecule has 0 aromatic heterocycles. The predicted octanol–water partition coefficient (Wildman–Crippen LogP) is 1.70. The third kappa shape index (κ3) is 4.30. The molecule has 1 fully saturated rings. The Bertz CT molecular complexity index is 432. The number of hydrogen-bond donors (Lipinski definition) is 1. The van der Waals surface area contributed by atoms with Crippen LogP contribution < -0.4 is 5.73 Å². The lowest BCUT2D eigenvalue weighted by molar-refractivity contribution is -0.133. The summed E-state index contributed by atoms with van der Waals surface area (Å²) in [6, 6.07) is 7.00. The topological polar surface area (TPSA) is 49.6 Å². The van der Waals surface area contributed by atoms with E-state index in [1.165, 1.54) is 0 Å². The number of piperazine rings is 1. The number of carbonyl (C=O) groups excluding carboxylic acids is 1. The van der Waals surface area contributed by atoms with Crippen molar-refractivity contribution in [2.24, 2.45) is 5.73 Å². The number of nitrogens with two attached hydrogens (primary N) is 1. The number of rotatable bonds is 3. The SMILES string of the molecule is NC(Cc1ccc(Cl)cc1)C(=O)N1CCN(I)CC1. The standard InChI is InChI=1S/C13H17ClIN3O/c14-11-3-1-10(2-4-11)9-12(16)13(19)17-5-7-18(15)8-6-17/h1-4,12H,5-9,16H2. The van der Waals surface area contributed by atoms with Crippen LogP contribution in [0.25, 0.3) is 0 Å². The van der Waals surface area contributed by atoms with E-state index in [9.17, 15) is 4.79 Å². The summed E-state index contributed by atoms with van der Waals surface area (Å²) < 4.78 is 2.19. The van der Waals surface area contributed by atoms with Crippen molar-refractivity contribution in [3.8, 4) is 0 Å². The van der Waals surface area contributed by atoms with Crippen LogP contribution in [0, 0.1) is 0 Å². The molecular weight excluding hydrogens is 377 g/mol. The number of carbonyl (C=O) groups is 1. The number of nitrogens with zero attached hydrogens (tertiary/aromatic N) is 2. The molecule has 2 N–H and O–H groups in total. The maximum Gasteiger partial charge on any atom is 0.239 e. The molecule has 1 aliphatic heterocycles. The lowest BCUT2D eigenvalue weighted by Crippen LogP contribution is -2.51. The van der Waals surface area contributed by atoms with Crippen molar-refractivity contribution in [3.63, 3.8) is 0 Å². The van der Waals surface area contributed by atoms with E-state index in [-0.39, 0.29) is 5.91 Å². The first-order valence-corrected chi connectivity index (χ1v) is 7.60. The zero-order valence-electron chi connectivity index (χ0n) is 10.6. The highest BCUT2D eigenvalue weighted by Crippen LogP contribution is 2.12. The van der Waals surface area contributed by atoms with Crippen LogP contribution in [0.1, 0.15) is 5.56 Å². The van der Waals surface area contributed by atoms with Gasteiger partial charge in [0.1, 0.15) is 0 Å². The van der Waals surface area contributed by atoms with Gasteiger partial charge in [-0.25, -0.2) is 3.11 Å². The van der Waals surface area contributed by atoms with E-state index < -0.39 is 6.04 Å². The highest BCUT2D eigenvalue weighted by molar-refractivity contribution is 14.1. The van der Waals surface area contributed by atoms with E-state index in [4.69, 9.17) is 17.3 Å². The Labute approximate surface area is 132 Å². The van der Waals surface area contributed by atoms with Crippen molar-refractivity contribution >= 4 is 40.4 Å². The van der Waals surface area contributed by atoms with Crippen molar-refractivity contribution in [1.29, 1.82) is 0 Å². The molecule has 1 saturated heterocycles. The summed E-state index contributed by atoms with van der Waals surface area (Å²) in [6.45, 7) is 3.33. The van der Waals surface area contributed by atoms with Crippen LogP contribution in [-0.4, -0.2) is 46.1 Å². The van der Waals surface area contributed by atoms with Gasteiger partial charge in [-0.1, -0.05) is 23.7 Å². The Morgan fingerprint density at radius 1 is 1.26 bits per heavy atom. The first-order valence-electron chi connectivity index (χ1n) is 6.26. The Morgan fingerprint density at radius 3 is 2.42 bits per heavy atom. The first kappa shape index (κ1) is 15.0. The van der Waals surface area contributed by atoms with Crippen molar-refractivity contribution in [1.82, 2.24) is 8.01 Å². The second-order valence-corrected chi connectivity index (χ2v) is 6.47. The van der Waals surface area contributed by atoms with Gasteiger partial charge in [0.05, 0.1) is 6.04 Å². The van der Waals surface area contributed by atoms with Gasteiger partial charge in [0, 0.05) is 54.1 Å². The Balaban J connectivity index is 1.90. The number of benzene rings is 1. The second kappa shape index (κ2) is 6.88. The molecule has 1 atom stereocenters. The van der Waals surface area contributed by atoms with Gasteiger partial charge < -0.3 is 10.6 Å². The molecule has 0 spiro atoms. The van der Waals surface area contributed by atoms with Crippen LogP contribution in [0.15, 0.2) is 24.3 Å². The van der Waals surface area contributed by atoms with E-state index in [0.29, 0.717) is 11.4 Å². The van der Waals surface area contributed by atoms with Crippen LogP contribution in [0.2, 0.25) is 5.02 Å². The summed E-state index contributed by atoms with van der Waals surface area (Å²) in [7, 11) is 0. The average Bonchev–Trinajstić information content (AvgIpc) is 2.41. The number of halogens is 2. The van der Waals surface area contributed by atoms with Crippen LogP contribution in [-0.2, 0) is 11.2 Å². The summed E-state index contributed by atoms with van der Waals surface area (Å²) in [5, 5.41) is 0.696. The summed E-state index contributed by atoms with van der Waals surface area (Å²) in [4.78, 5) is 14.1. The smallest absolute Gasteiger partial charge is 0.239 e. The maximum absolute atomic E-state index is 12.2. The van der Waals surface area contributed by atoms with Gasteiger partial charge >= 0.3 is 0 Å². The predicted molar refractivity (Wildman–Crippen MR) is 85.3 cm³/mol. The normalized spacial score (nSPS) is 18.4. The molecule has 19 heavy (non-hydrogen) atoms. The van der Waals surface area contributed by atoms with Crippen molar-refractivity contribution in [2.45, 2.75) is 12.5 Å². The summed E-state index contributed by atoms with van der Waals surface area (Å²) in [5.41, 5.74) is 7.05. The minimum Gasteiger partial charge on any atom is -0.339 e. The Hall–Kier alpha value is -0.370. The molecule has 1 unspecified atom stereocenters. The molecule has 1 heterocycles. The molecule has 0 saturated carbocycles. The van der Waals surface area contributed by atoms with Gasteiger partial charge in [0.25, 0.3) is 0 Å². The van der Waals surface area contributed by atoms with Crippen molar-refractivity contribution in [2.75, 3.05) is 26.2 Å². The average molecular weight is 394 g/mol. The number of hydrogen-bond acceptors (Lipinski definition) is 3. The summed E-state index contributed by atoms with van der Waals surface area (Å²) in [6.07, 6.45) is 0.556. The molecule has 1 aromatic rings. The van der Waals surface area contributed by atoms with E-state index >= 15 is 0 Å². The van der Waals surface area contributed by atoms with E-state index in [2.05, 4.69) is 26.0 Å². The van der Waals surface area contributed by atoms with Gasteiger partial charge in [0.2, 0.25) is 5.91 Å². The quantitative estimate of drug-likeness (QED) is 0.628. The van der Waals surface area contributed by atoms with Gasteiger partial charge in [-0.2, -0.15) is 0 Å². The van der Waals surface area contributed by atoms with Crippen LogP contribution in [0.4, 0.5) is 0 Å². The lowest BCUT2D eigenvalue weighted by atomic mass is 10.1. The fourth-order valence-electron chi connectivity index (χ4n) is 2.10. The summed E-state index contributed by atoms with van der Waals surface area (Å²) in [5.74, 6) is 0.0412. The summed E-state index contributed by atoms with van der Waals surface area (Å²) >= 11 is 8.12. The second-order valence-electron chi connectivity index (χ2n) is 4.67. The molecule has 1 amide bonds. The molecule has 104 valence electrons. The molecule has 0 bridgehead atoms. The first-order chi connectivity index (χ1) is 9.06. The van der Waals surface area contributed by atoms with Crippen LogP contribution in [0.5, 0.6) is 0 Å². The van der Waals surface area contributed by atoms with E-state index in [1.54, 1.807) is 0 Å². The third-order valence-electron chi connectivity index (χ3n) is 3.22. The van der Waals surface area contributed by atoms with E-state index in [1.807, 2.05) is 29.2 Å². The molecule has 1 aliphatic rings. The number of amides is 1. The fraction of sp³-hybridized carbons (Fsp3) is 0.462.